The van der Waals surface area contributed by atoms with Gasteiger partial charge in [-0.1, -0.05) is 30.3 Å². The molecule has 0 bridgehead atoms. The van der Waals surface area contributed by atoms with Crippen molar-refractivity contribution in [3.63, 3.8) is 0 Å². The second-order valence-corrected chi connectivity index (χ2v) is 5.32. The lowest BCUT2D eigenvalue weighted by molar-refractivity contribution is 0.0950. The molecule has 3 aromatic rings. The van der Waals surface area contributed by atoms with Crippen LogP contribution in [0.25, 0.3) is 11.1 Å². The molecule has 2 aromatic heterocycles. The highest BCUT2D eigenvalue weighted by Gasteiger charge is 2.09. The summed E-state index contributed by atoms with van der Waals surface area (Å²) in [4.78, 5) is 20.6. The van der Waals surface area contributed by atoms with Gasteiger partial charge < -0.3 is 5.32 Å². The highest BCUT2D eigenvalue weighted by molar-refractivity contribution is 5.95. The minimum atomic E-state index is -0.142. The monoisotopic (exact) mass is 303 g/mol. The van der Waals surface area contributed by atoms with Gasteiger partial charge in [0.15, 0.2) is 0 Å². The molecule has 0 spiro atoms. The molecule has 0 atom stereocenters. The van der Waals surface area contributed by atoms with Crippen LogP contribution >= 0.6 is 0 Å². The molecule has 0 radical (unpaired) electrons. The molecule has 0 aliphatic carbocycles. The van der Waals surface area contributed by atoms with Gasteiger partial charge in [0, 0.05) is 36.9 Å². The van der Waals surface area contributed by atoms with Crippen molar-refractivity contribution in [2.75, 3.05) is 0 Å². The lowest BCUT2D eigenvalue weighted by Crippen LogP contribution is -2.23. The van der Waals surface area contributed by atoms with Crippen molar-refractivity contribution in [3.05, 3.63) is 83.9 Å². The average molecular weight is 303 g/mol. The van der Waals surface area contributed by atoms with Gasteiger partial charge >= 0.3 is 0 Å². The summed E-state index contributed by atoms with van der Waals surface area (Å²) >= 11 is 0. The van der Waals surface area contributed by atoms with E-state index in [0.29, 0.717) is 12.1 Å². The Hall–Kier alpha value is -3.01. The summed E-state index contributed by atoms with van der Waals surface area (Å²) in [6, 6.07) is 13.7. The molecule has 114 valence electrons. The maximum atomic E-state index is 12.3. The van der Waals surface area contributed by atoms with Crippen LogP contribution in [0.3, 0.4) is 0 Å². The van der Waals surface area contributed by atoms with E-state index in [-0.39, 0.29) is 5.91 Å². The Morgan fingerprint density at radius 2 is 1.91 bits per heavy atom. The molecular formula is C19H17N3O. The van der Waals surface area contributed by atoms with E-state index in [1.54, 1.807) is 24.8 Å². The smallest absolute Gasteiger partial charge is 0.253 e. The summed E-state index contributed by atoms with van der Waals surface area (Å²) in [6.07, 6.45) is 6.81. The molecule has 4 heteroatoms. The van der Waals surface area contributed by atoms with E-state index in [1.807, 2.05) is 49.4 Å². The SMILES string of the molecule is Cc1ccccc1-c1cncc(C(=O)NCc2cccnc2)c1. The fraction of sp³-hybridized carbons (Fsp3) is 0.105. The number of aromatic nitrogens is 2. The first kappa shape index (κ1) is 14.9. The molecule has 0 aliphatic heterocycles. The molecule has 1 N–H and O–H groups in total. The Morgan fingerprint density at radius 3 is 2.70 bits per heavy atom. The van der Waals surface area contributed by atoms with E-state index in [4.69, 9.17) is 0 Å². The summed E-state index contributed by atoms with van der Waals surface area (Å²) in [5.41, 5.74) is 4.69. The number of pyridine rings is 2. The number of benzene rings is 1. The van der Waals surface area contributed by atoms with Crippen molar-refractivity contribution < 1.29 is 4.79 Å². The number of hydrogen-bond donors (Lipinski definition) is 1. The second-order valence-electron chi connectivity index (χ2n) is 5.32. The van der Waals surface area contributed by atoms with E-state index in [9.17, 15) is 4.79 Å². The molecule has 0 aliphatic rings. The first-order valence-corrected chi connectivity index (χ1v) is 7.42. The molecule has 0 unspecified atom stereocenters. The highest BCUT2D eigenvalue weighted by Crippen LogP contribution is 2.22. The number of carbonyl (C=O) groups is 1. The fourth-order valence-electron chi connectivity index (χ4n) is 2.40. The second kappa shape index (κ2) is 6.83. The molecular weight excluding hydrogens is 286 g/mol. The van der Waals surface area contributed by atoms with Crippen molar-refractivity contribution in [3.8, 4) is 11.1 Å². The largest absolute Gasteiger partial charge is 0.348 e. The van der Waals surface area contributed by atoms with Gasteiger partial charge in [-0.2, -0.15) is 0 Å². The van der Waals surface area contributed by atoms with E-state index < -0.39 is 0 Å². The summed E-state index contributed by atoms with van der Waals surface area (Å²) < 4.78 is 0. The third kappa shape index (κ3) is 3.61. The lowest BCUT2D eigenvalue weighted by Gasteiger charge is -2.08. The molecule has 0 saturated heterocycles. The number of nitrogens with zero attached hydrogens (tertiary/aromatic N) is 2. The van der Waals surface area contributed by atoms with Gasteiger partial charge in [0.25, 0.3) is 5.91 Å². The highest BCUT2D eigenvalue weighted by atomic mass is 16.1. The summed E-state index contributed by atoms with van der Waals surface area (Å²) in [7, 11) is 0. The van der Waals surface area contributed by atoms with Crippen molar-refractivity contribution in [1.29, 1.82) is 0 Å². The predicted octanol–water partition coefficient (Wildman–Crippen LogP) is 3.38. The Kier molecular flexibility index (Phi) is 4.43. The van der Waals surface area contributed by atoms with E-state index in [0.717, 1.165) is 22.3 Å². The van der Waals surface area contributed by atoms with Crippen molar-refractivity contribution in [2.24, 2.45) is 0 Å². The Bertz CT molecular complexity index is 816. The summed E-state index contributed by atoms with van der Waals surface area (Å²) in [5, 5.41) is 2.89. The topological polar surface area (TPSA) is 54.9 Å². The van der Waals surface area contributed by atoms with Crippen LogP contribution in [0.15, 0.2) is 67.3 Å². The quantitative estimate of drug-likeness (QED) is 0.804. The standard InChI is InChI=1S/C19H17N3O/c1-14-5-2-3-7-18(14)16-9-17(13-21-12-16)19(23)22-11-15-6-4-8-20-10-15/h2-10,12-13H,11H2,1H3,(H,22,23). The maximum Gasteiger partial charge on any atom is 0.253 e. The zero-order valence-corrected chi connectivity index (χ0v) is 12.9. The molecule has 3 rings (SSSR count). The van der Waals surface area contributed by atoms with Crippen LogP contribution in [-0.2, 0) is 6.54 Å². The third-order valence-corrected chi connectivity index (χ3v) is 3.63. The van der Waals surface area contributed by atoms with Crippen LogP contribution in [-0.4, -0.2) is 15.9 Å². The van der Waals surface area contributed by atoms with Gasteiger partial charge in [0.1, 0.15) is 0 Å². The van der Waals surface area contributed by atoms with Crippen LogP contribution in [0.2, 0.25) is 0 Å². The predicted molar refractivity (Wildman–Crippen MR) is 89.8 cm³/mol. The van der Waals surface area contributed by atoms with Gasteiger partial charge in [-0.3, -0.25) is 14.8 Å². The zero-order chi connectivity index (χ0) is 16.1. The normalized spacial score (nSPS) is 10.3. The van der Waals surface area contributed by atoms with Crippen LogP contribution in [0, 0.1) is 6.92 Å². The Morgan fingerprint density at radius 1 is 1.04 bits per heavy atom. The van der Waals surface area contributed by atoms with Crippen LogP contribution in [0.5, 0.6) is 0 Å². The number of carbonyl (C=O) groups excluding carboxylic acids is 1. The number of hydrogen-bond acceptors (Lipinski definition) is 3. The molecule has 0 saturated carbocycles. The van der Waals surface area contributed by atoms with Gasteiger partial charge in [0.05, 0.1) is 5.56 Å². The van der Waals surface area contributed by atoms with Gasteiger partial charge in [-0.25, -0.2) is 0 Å². The first-order valence-electron chi connectivity index (χ1n) is 7.42. The van der Waals surface area contributed by atoms with Gasteiger partial charge in [-0.05, 0) is 35.7 Å². The number of nitrogens with one attached hydrogen (secondary N) is 1. The molecule has 4 nitrogen and oxygen atoms in total. The third-order valence-electron chi connectivity index (χ3n) is 3.63. The average Bonchev–Trinajstić information content (AvgIpc) is 2.61. The number of amides is 1. The van der Waals surface area contributed by atoms with Crippen molar-refractivity contribution >= 4 is 5.91 Å². The van der Waals surface area contributed by atoms with E-state index in [1.165, 1.54) is 0 Å². The maximum absolute atomic E-state index is 12.3. The van der Waals surface area contributed by atoms with Gasteiger partial charge in [-0.15, -0.1) is 0 Å². The van der Waals surface area contributed by atoms with E-state index in [2.05, 4.69) is 15.3 Å². The molecule has 23 heavy (non-hydrogen) atoms. The van der Waals surface area contributed by atoms with Crippen molar-refractivity contribution in [1.82, 2.24) is 15.3 Å². The van der Waals surface area contributed by atoms with Crippen LogP contribution in [0.4, 0.5) is 0 Å². The molecule has 0 fully saturated rings. The minimum absolute atomic E-state index is 0.142. The number of aryl methyl sites for hydroxylation is 1. The summed E-state index contributed by atoms with van der Waals surface area (Å²) in [6.45, 7) is 2.49. The Balaban J connectivity index is 1.77. The van der Waals surface area contributed by atoms with E-state index >= 15 is 0 Å². The Labute approximate surface area is 135 Å². The van der Waals surface area contributed by atoms with Gasteiger partial charge in [0.2, 0.25) is 0 Å². The molecule has 1 amide bonds. The summed E-state index contributed by atoms with van der Waals surface area (Å²) in [5.74, 6) is -0.142. The first-order chi connectivity index (χ1) is 11.2. The zero-order valence-electron chi connectivity index (χ0n) is 12.9. The number of rotatable bonds is 4. The molecule has 2 heterocycles. The fourth-order valence-corrected chi connectivity index (χ4v) is 2.40. The molecule has 1 aromatic carbocycles. The lowest BCUT2D eigenvalue weighted by atomic mass is 10.0. The van der Waals surface area contributed by atoms with Crippen LogP contribution in [0.1, 0.15) is 21.5 Å². The minimum Gasteiger partial charge on any atom is -0.348 e. The van der Waals surface area contributed by atoms with Crippen LogP contribution < -0.4 is 5.32 Å². The van der Waals surface area contributed by atoms with Crippen molar-refractivity contribution in [2.45, 2.75) is 13.5 Å².